The van der Waals surface area contributed by atoms with Gasteiger partial charge >= 0.3 is 13.8 Å². The number of unbranched alkanes of at least 4 members (excludes halogenated alkanes) is 8. The standard InChI is InChI=1S/C33H58NO7P/c1-3-4-5-6-7-8-9-10-11-12-13-14-15-16-17-18-19-20-21-22-23-24-25-26-28-38-30-33(41-32(2)35)31-40-42(36,37)39-29-27-34/h4-5,7-8,10-11,13-14,16-17,33H,3,6,9,12,15,18-31,34H2,1-2H3,(H,36,37)/b5-4-,8-7-,11-10-,14-13-,17-16-. The molecule has 8 nitrogen and oxygen atoms in total. The Hall–Kier alpha value is -1.80. The fourth-order valence-electron chi connectivity index (χ4n) is 3.84. The highest BCUT2D eigenvalue weighted by atomic mass is 31.2. The Labute approximate surface area is 255 Å². The molecule has 2 atom stereocenters. The first-order valence-electron chi connectivity index (χ1n) is 15.7. The number of allylic oxidation sites excluding steroid dienone is 10. The molecule has 0 aromatic heterocycles. The minimum absolute atomic E-state index is 0.0916. The fraction of sp³-hybridized carbons (Fsp3) is 0.667. The number of esters is 1. The van der Waals surface area contributed by atoms with Crippen LogP contribution in [0.3, 0.4) is 0 Å². The Balaban J connectivity index is 3.62. The fourth-order valence-corrected chi connectivity index (χ4v) is 4.61. The smallest absolute Gasteiger partial charge is 0.458 e. The van der Waals surface area contributed by atoms with Gasteiger partial charge in [-0.25, -0.2) is 4.57 Å². The summed E-state index contributed by atoms with van der Waals surface area (Å²) in [6.07, 6.45) is 37.3. The van der Waals surface area contributed by atoms with E-state index in [0.29, 0.717) is 6.61 Å². The molecule has 0 heterocycles. The van der Waals surface area contributed by atoms with Crippen LogP contribution in [0.1, 0.15) is 104 Å². The normalized spacial score (nSPS) is 14.7. The molecular weight excluding hydrogens is 553 g/mol. The number of nitrogens with two attached hydrogens (primary N) is 1. The van der Waals surface area contributed by atoms with E-state index in [9.17, 15) is 14.3 Å². The van der Waals surface area contributed by atoms with E-state index in [1.807, 2.05) is 0 Å². The van der Waals surface area contributed by atoms with Crippen molar-refractivity contribution >= 4 is 13.8 Å². The van der Waals surface area contributed by atoms with Crippen molar-refractivity contribution in [2.24, 2.45) is 5.73 Å². The van der Waals surface area contributed by atoms with E-state index in [4.69, 9.17) is 19.7 Å². The van der Waals surface area contributed by atoms with Gasteiger partial charge in [0.25, 0.3) is 0 Å². The molecule has 0 aliphatic heterocycles. The van der Waals surface area contributed by atoms with E-state index in [0.717, 1.165) is 51.4 Å². The third kappa shape index (κ3) is 31.1. The molecule has 242 valence electrons. The number of hydrogen-bond donors (Lipinski definition) is 2. The second kappa shape index (κ2) is 30.7. The maximum Gasteiger partial charge on any atom is 0.472 e. The van der Waals surface area contributed by atoms with Crippen LogP contribution in [-0.4, -0.2) is 49.9 Å². The second-order valence-corrected chi connectivity index (χ2v) is 11.5. The molecule has 0 saturated heterocycles. The van der Waals surface area contributed by atoms with Crippen LogP contribution in [0.2, 0.25) is 0 Å². The van der Waals surface area contributed by atoms with Gasteiger partial charge in [0.05, 0.1) is 19.8 Å². The van der Waals surface area contributed by atoms with Crippen LogP contribution in [0.15, 0.2) is 60.8 Å². The number of ether oxygens (including phenoxy) is 2. The van der Waals surface area contributed by atoms with Gasteiger partial charge in [0.2, 0.25) is 0 Å². The summed E-state index contributed by atoms with van der Waals surface area (Å²) >= 11 is 0. The van der Waals surface area contributed by atoms with Crippen LogP contribution in [-0.2, 0) is 27.9 Å². The summed E-state index contributed by atoms with van der Waals surface area (Å²) in [6, 6.07) is 0. The van der Waals surface area contributed by atoms with Crippen LogP contribution < -0.4 is 5.73 Å². The molecule has 3 N–H and O–H groups in total. The van der Waals surface area contributed by atoms with Crippen molar-refractivity contribution in [3.8, 4) is 0 Å². The third-order valence-electron chi connectivity index (χ3n) is 6.00. The van der Waals surface area contributed by atoms with E-state index in [1.54, 1.807) is 0 Å². The van der Waals surface area contributed by atoms with Crippen LogP contribution in [0.25, 0.3) is 0 Å². The molecule has 0 spiro atoms. The summed E-state index contributed by atoms with van der Waals surface area (Å²) in [6.45, 7) is 3.74. The zero-order chi connectivity index (χ0) is 31.0. The Morgan fingerprint density at radius 2 is 1.21 bits per heavy atom. The lowest BCUT2D eigenvalue weighted by Gasteiger charge is -2.19. The van der Waals surface area contributed by atoms with Crippen molar-refractivity contribution in [2.75, 3.05) is 33.0 Å². The van der Waals surface area contributed by atoms with E-state index in [1.165, 1.54) is 45.4 Å². The van der Waals surface area contributed by atoms with Crippen LogP contribution in [0.4, 0.5) is 0 Å². The Kier molecular flexibility index (Phi) is 29.3. The van der Waals surface area contributed by atoms with E-state index < -0.39 is 19.9 Å². The minimum atomic E-state index is -4.23. The van der Waals surface area contributed by atoms with Gasteiger partial charge in [-0.1, -0.05) is 106 Å². The lowest BCUT2D eigenvalue weighted by atomic mass is 10.1. The molecule has 0 aliphatic rings. The van der Waals surface area contributed by atoms with Crippen LogP contribution in [0.5, 0.6) is 0 Å². The van der Waals surface area contributed by atoms with Crippen molar-refractivity contribution < 1.29 is 32.8 Å². The number of carbonyl (C=O) groups is 1. The molecule has 0 aliphatic carbocycles. The van der Waals surface area contributed by atoms with E-state index in [-0.39, 0.29) is 26.4 Å². The number of phosphoric acid groups is 1. The van der Waals surface area contributed by atoms with Crippen molar-refractivity contribution in [1.82, 2.24) is 0 Å². The minimum Gasteiger partial charge on any atom is -0.458 e. The quantitative estimate of drug-likeness (QED) is 0.0375. The van der Waals surface area contributed by atoms with Gasteiger partial charge in [0, 0.05) is 20.1 Å². The zero-order valence-electron chi connectivity index (χ0n) is 26.2. The SMILES string of the molecule is CC/C=C\C/C=C\C/C=C\C/C=C\C/C=C\CCCCCCCCCCOCC(COP(=O)(O)OCCN)OC(C)=O. The third-order valence-corrected chi connectivity index (χ3v) is 6.98. The Morgan fingerprint density at radius 3 is 1.74 bits per heavy atom. The number of phosphoric ester groups is 1. The van der Waals surface area contributed by atoms with Crippen molar-refractivity contribution in [3.05, 3.63) is 60.8 Å². The van der Waals surface area contributed by atoms with Gasteiger partial charge in [-0.05, 0) is 51.4 Å². The summed E-state index contributed by atoms with van der Waals surface area (Å²) in [7, 11) is -4.23. The van der Waals surface area contributed by atoms with Crippen molar-refractivity contribution in [1.29, 1.82) is 0 Å². The maximum atomic E-state index is 11.7. The largest absolute Gasteiger partial charge is 0.472 e. The molecule has 0 aromatic rings. The van der Waals surface area contributed by atoms with Crippen LogP contribution >= 0.6 is 7.82 Å². The second-order valence-electron chi connectivity index (χ2n) is 10.0. The van der Waals surface area contributed by atoms with Gasteiger partial charge in [-0.3, -0.25) is 13.8 Å². The molecule has 42 heavy (non-hydrogen) atoms. The summed E-state index contributed by atoms with van der Waals surface area (Å²) in [4.78, 5) is 20.8. The first-order chi connectivity index (χ1) is 20.4. The van der Waals surface area contributed by atoms with Crippen LogP contribution in [0, 0.1) is 0 Å². The lowest BCUT2D eigenvalue weighted by molar-refractivity contribution is -0.151. The van der Waals surface area contributed by atoms with Gasteiger partial charge in [-0.2, -0.15) is 0 Å². The molecule has 2 unspecified atom stereocenters. The predicted octanol–water partition coefficient (Wildman–Crippen LogP) is 8.29. The summed E-state index contributed by atoms with van der Waals surface area (Å²) in [5.74, 6) is -0.513. The first kappa shape index (κ1) is 40.2. The summed E-state index contributed by atoms with van der Waals surface area (Å²) < 4.78 is 31.9. The maximum absolute atomic E-state index is 11.7. The summed E-state index contributed by atoms with van der Waals surface area (Å²) in [5, 5.41) is 0. The monoisotopic (exact) mass is 611 g/mol. The average molecular weight is 612 g/mol. The molecule has 0 aromatic carbocycles. The molecule has 0 bridgehead atoms. The molecule has 0 amide bonds. The van der Waals surface area contributed by atoms with Gasteiger partial charge in [-0.15, -0.1) is 0 Å². The average Bonchev–Trinajstić information content (AvgIpc) is 2.96. The van der Waals surface area contributed by atoms with Gasteiger partial charge < -0.3 is 20.1 Å². The van der Waals surface area contributed by atoms with Crippen molar-refractivity contribution in [2.45, 2.75) is 110 Å². The predicted molar refractivity (Wildman–Crippen MR) is 173 cm³/mol. The molecule has 0 radical (unpaired) electrons. The van der Waals surface area contributed by atoms with E-state index in [2.05, 4.69) is 72.2 Å². The molecule has 0 fully saturated rings. The number of rotatable bonds is 29. The molecule has 0 saturated carbocycles. The van der Waals surface area contributed by atoms with Gasteiger partial charge in [0.15, 0.2) is 0 Å². The molecular formula is C33H58NO7P. The Morgan fingerprint density at radius 1 is 0.714 bits per heavy atom. The zero-order valence-corrected chi connectivity index (χ0v) is 27.1. The Bertz CT molecular complexity index is 823. The number of hydrogen-bond acceptors (Lipinski definition) is 7. The van der Waals surface area contributed by atoms with Gasteiger partial charge in [0.1, 0.15) is 6.10 Å². The molecule has 9 heteroatoms. The number of carbonyl (C=O) groups excluding carboxylic acids is 1. The topological polar surface area (TPSA) is 117 Å². The van der Waals surface area contributed by atoms with E-state index >= 15 is 0 Å². The van der Waals surface area contributed by atoms with Crippen molar-refractivity contribution in [3.63, 3.8) is 0 Å². The molecule has 0 rings (SSSR count). The highest BCUT2D eigenvalue weighted by Gasteiger charge is 2.24. The summed E-state index contributed by atoms with van der Waals surface area (Å²) in [5.41, 5.74) is 5.25. The highest BCUT2D eigenvalue weighted by molar-refractivity contribution is 7.47. The first-order valence-corrected chi connectivity index (χ1v) is 17.2. The highest BCUT2D eigenvalue weighted by Crippen LogP contribution is 2.43. The lowest BCUT2D eigenvalue weighted by Crippen LogP contribution is -2.27.